The minimum absolute atomic E-state index is 0.418. The van der Waals surface area contributed by atoms with Crippen LogP contribution in [0.2, 0.25) is 0 Å². The fourth-order valence-electron chi connectivity index (χ4n) is 2.26. The summed E-state index contributed by atoms with van der Waals surface area (Å²) in [6.45, 7) is 6.91. The number of thioether (sulfide) groups is 1. The molecule has 2 atom stereocenters. The van der Waals surface area contributed by atoms with E-state index < -0.39 is 0 Å². The highest BCUT2D eigenvalue weighted by Gasteiger charge is 2.35. The van der Waals surface area contributed by atoms with Crippen molar-refractivity contribution in [3.05, 3.63) is 0 Å². The highest BCUT2D eigenvalue weighted by molar-refractivity contribution is 8.14. The van der Waals surface area contributed by atoms with Crippen LogP contribution >= 0.6 is 11.8 Å². The van der Waals surface area contributed by atoms with Gasteiger partial charge < -0.3 is 5.32 Å². The number of amidine groups is 1. The molecule has 1 aliphatic carbocycles. The number of hydrogen-bond acceptors (Lipinski definition) is 2. The molecule has 0 spiro atoms. The van der Waals surface area contributed by atoms with Gasteiger partial charge in [0, 0.05) is 11.8 Å². The zero-order valence-electron chi connectivity index (χ0n) is 9.34. The molecule has 0 aromatic carbocycles. The van der Waals surface area contributed by atoms with E-state index in [1.54, 1.807) is 0 Å². The van der Waals surface area contributed by atoms with E-state index in [9.17, 15) is 0 Å². The monoisotopic (exact) mass is 212 g/mol. The molecular weight excluding hydrogens is 192 g/mol. The SMILES string of the molecule is CC1CSC(=NC2CCCC2(C)C)N1. The molecular formula is C11H20N2S. The summed E-state index contributed by atoms with van der Waals surface area (Å²) in [5.41, 5.74) is 0.418. The van der Waals surface area contributed by atoms with Crippen molar-refractivity contribution in [2.45, 2.75) is 52.1 Å². The molecule has 2 nitrogen and oxygen atoms in total. The van der Waals surface area contributed by atoms with Crippen LogP contribution in [0.1, 0.15) is 40.0 Å². The van der Waals surface area contributed by atoms with Gasteiger partial charge >= 0.3 is 0 Å². The molecule has 2 aliphatic rings. The summed E-state index contributed by atoms with van der Waals surface area (Å²) >= 11 is 1.88. The molecule has 1 heterocycles. The molecule has 80 valence electrons. The lowest BCUT2D eigenvalue weighted by Gasteiger charge is -2.23. The first kappa shape index (κ1) is 10.3. The lowest BCUT2D eigenvalue weighted by atomic mass is 9.88. The van der Waals surface area contributed by atoms with Crippen molar-refractivity contribution >= 4 is 16.9 Å². The van der Waals surface area contributed by atoms with Crippen LogP contribution in [0.3, 0.4) is 0 Å². The lowest BCUT2D eigenvalue weighted by Crippen LogP contribution is -2.27. The molecule has 0 bridgehead atoms. The molecule has 2 rings (SSSR count). The second-order valence-electron chi connectivity index (χ2n) is 5.19. The Balaban J connectivity index is 2.03. The topological polar surface area (TPSA) is 24.4 Å². The number of nitrogens with zero attached hydrogens (tertiary/aromatic N) is 1. The molecule has 0 amide bonds. The van der Waals surface area contributed by atoms with E-state index in [0.29, 0.717) is 17.5 Å². The van der Waals surface area contributed by atoms with Gasteiger partial charge in [0.15, 0.2) is 5.17 Å². The van der Waals surface area contributed by atoms with Crippen LogP contribution in [-0.2, 0) is 0 Å². The molecule has 2 unspecified atom stereocenters. The minimum atomic E-state index is 0.418. The summed E-state index contributed by atoms with van der Waals surface area (Å²) < 4.78 is 0. The standard InChI is InChI=1S/C11H20N2S/c1-8-7-14-10(12-8)13-9-5-4-6-11(9,2)3/h8-9H,4-7H2,1-3H3,(H,12,13). The van der Waals surface area contributed by atoms with Gasteiger partial charge in [0.2, 0.25) is 0 Å². The van der Waals surface area contributed by atoms with E-state index in [-0.39, 0.29) is 0 Å². The van der Waals surface area contributed by atoms with Crippen molar-refractivity contribution in [1.82, 2.24) is 5.32 Å². The third-order valence-electron chi connectivity index (χ3n) is 3.31. The Morgan fingerprint density at radius 2 is 2.29 bits per heavy atom. The second kappa shape index (κ2) is 3.76. The summed E-state index contributed by atoms with van der Waals surface area (Å²) in [7, 11) is 0. The van der Waals surface area contributed by atoms with Crippen LogP contribution in [0, 0.1) is 5.41 Å². The molecule has 0 aromatic rings. The normalized spacial score (nSPS) is 38.9. The summed E-state index contributed by atoms with van der Waals surface area (Å²) in [4.78, 5) is 4.85. The smallest absolute Gasteiger partial charge is 0.157 e. The van der Waals surface area contributed by atoms with Gasteiger partial charge in [-0.1, -0.05) is 32.0 Å². The third kappa shape index (κ3) is 2.08. The molecule has 1 saturated heterocycles. The predicted octanol–water partition coefficient (Wildman–Crippen LogP) is 2.65. The Bertz CT molecular complexity index is 248. The van der Waals surface area contributed by atoms with E-state index in [2.05, 4.69) is 26.1 Å². The van der Waals surface area contributed by atoms with Crippen molar-refractivity contribution in [2.24, 2.45) is 10.4 Å². The van der Waals surface area contributed by atoms with Crippen LogP contribution in [-0.4, -0.2) is 23.0 Å². The Morgan fingerprint density at radius 3 is 2.79 bits per heavy atom. The first-order chi connectivity index (χ1) is 6.58. The second-order valence-corrected chi connectivity index (χ2v) is 6.20. The van der Waals surface area contributed by atoms with Crippen molar-refractivity contribution in [3.63, 3.8) is 0 Å². The van der Waals surface area contributed by atoms with Gasteiger partial charge in [-0.05, 0) is 25.2 Å². The Morgan fingerprint density at radius 1 is 1.50 bits per heavy atom. The Labute approximate surface area is 90.9 Å². The molecule has 14 heavy (non-hydrogen) atoms. The van der Waals surface area contributed by atoms with Gasteiger partial charge in [-0.25, -0.2) is 0 Å². The summed E-state index contributed by atoms with van der Waals surface area (Å²) in [5, 5.41) is 4.61. The maximum Gasteiger partial charge on any atom is 0.157 e. The maximum atomic E-state index is 4.85. The van der Waals surface area contributed by atoms with E-state index in [1.165, 1.54) is 30.2 Å². The average Bonchev–Trinajstić information content (AvgIpc) is 2.61. The molecule has 1 saturated carbocycles. The van der Waals surface area contributed by atoms with Gasteiger partial charge in [0.1, 0.15) is 0 Å². The van der Waals surface area contributed by atoms with Gasteiger partial charge in [-0.15, -0.1) is 0 Å². The van der Waals surface area contributed by atoms with Crippen molar-refractivity contribution in [1.29, 1.82) is 0 Å². The first-order valence-electron chi connectivity index (χ1n) is 5.55. The molecule has 1 aliphatic heterocycles. The third-order valence-corrected chi connectivity index (χ3v) is 4.48. The van der Waals surface area contributed by atoms with Gasteiger partial charge in [0.05, 0.1) is 6.04 Å². The summed E-state index contributed by atoms with van der Waals surface area (Å²) in [5.74, 6) is 1.17. The minimum Gasteiger partial charge on any atom is -0.362 e. The molecule has 0 aromatic heterocycles. The molecule has 2 fully saturated rings. The Hall–Kier alpha value is -0.180. The molecule has 0 radical (unpaired) electrons. The molecule has 1 N–H and O–H groups in total. The lowest BCUT2D eigenvalue weighted by molar-refractivity contribution is 0.334. The fourth-order valence-corrected chi connectivity index (χ4v) is 3.24. The van der Waals surface area contributed by atoms with Crippen molar-refractivity contribution in [2.75, 3.05) is 5.75 Å². The molecule has 3 heteroatoms. The number of rotatable bonds is 1. The number of nitrogens with one attached hydrogen (secondary N) is 1. The van der Waals surface area contributed by atoms with Crippen LogP contribution in [0.4, 0.5) is 0 Å². The predicted molar refractivity (Wildman–Crippen MR) is 63.9 cm³/mol. The van der Waals surface area contributed by atoms with E-state index >= 15 is 0 Å². The van der Waals surface area contributed by atoms with E-state index in [1.807, 2.05) is 11.8 Å². The number of hydrogen-bond donors (Lipinski definition) is 1. The van der Waals surface area contributed by atoms with Crippen LogP contribution in [0.25, 0.3) is 0 Å². The number of aliphatic imine (C=N–C) groups is 1. The first-order valence-corrected chi connectivity index (χ1v) is 6.53. The zero-order chi connectivity index (χ0) is 10.2. The van der Waals surface area contributed by atoms with Gasteiger partial charge in [-0.3, -0.25) is 4.99 Å². The van der Waals surface area contributed by atoms with Gasteiger partial charge in [0.25, 0.3) is 0 Å². The highest BCUT2D eigenvalue weighted by atomic mass is 32.2. The fraction of sp³-hybridized carbons (Fsp3) is 0.909. The quantitative estimate of drug-likeness (QED) is 0.722. The van der Waals surface area contributed by atoms with Crippen molar-refractivity contribution < 1.29 is 0 Å². The zero-order valence-corrected chi connectivity index (χ0v) is 10.2. The van der Waals surface area contributed by atoms with E-state index in [4.69, 9.17) is 4.99 Å². The Kier molecular flexibility index (Phi) is 2.78. The van der Waals surface area contributed by atoms with Crippen molar-refractivity contribution in [3.8, 4) is 0 Å². The van der Waals surface area contributed by atoms with Crippen LogP contribution in [0.5, 0.6) is 0 Å². The largest absolute Gasteiger partial charge is 0.362 e. The van der Waals surface area contributed by atoms with Crippen LogP contribution in [0.15, 0.2) is 4.99 Å². The maximum absolute atomic E-state index is 4.85. The van der Waals surface area contributed by atoms with Gasteiger partial charge in [-0.2, -0.15) is 0 Å². The van der Waals surface area contributed by atoms with Crippen LogP contribution < -0.4 is 5.32 Å². The summed E-state index contributed by atoms with van der Waals surface area (Å²) in [6.07, 6.45) is 3.94. The average molecular weight is 212 g/mol. The highest BCUT2D eigenvalue weighted by Crippen LogP contribution is 2.39. The van der Waals surface area contributed by atoms with E-state index in [0.717, 1.165) is 0 Å². The summed E-state index contributed by atoms with van der Waals surface area (Å²) in [6, 6.07) is 1.14.